The second kappa shape index (κ2) is 4.31. The van der Waals surface area contributed by atoms with Gasteiger partial charge in [-0.3, -0.25) is 0 Å². The molecule has 3 heteroatoms. The minimum Gasteiger partial charge on any atom is -0.411 e. The van der Waals surface area contributed by atoms with Crippen LogP contribution in [0, 0.1) is 0 Å². The Morgan fingerprint density at radius 3 is 1.72 bits per heavy atom. The minimum absolute atomic E-state index is 0.733. The van der Waals surface area contributed by atoms with Crippen LogP contribution in [0.1, 0.15) is 5.56 Å². The standard InChI is InChI=1S/C15H10ClNO/c16-15-12-7-3-1-5-10(12)14(9-17-18)11-6-2-4-8-13(11)15/h1-9,18H/b17-9-. The van der Waals surface area contributed by atoms with E-state index in [0.29, 0.717) is 0 Å². The summed E-state index contributed by atoms with van der Waals surface area (Å²) in [5.74, 6) is 0. The Balaban J connectivity index is 2.62. The van der Waals surface area contributed by atoms with Crippen molar-refractivity contribution in [1.82, 2.24) is 0 Å². The SMILES string of the molecule is O/N=C\c1c2ccccc2c(Cl)c2ccccc12. The summed E-state index contributed by atoms with van der Waals surface area (Å²) in [7, 11) is 0. The van der Waals surface area contributed by atoms with E-state index < -0.39 is 0 Å². The summed E-state index contributed by atoms with van der Waals surface area (Å²) in [4.78, 5) is 0. The third-order valence-corrected chi connectivity index (χ3v) is 3.50. The van der Waals surface area contributed by atoms with E-state index >= 15 is 0 Å². The molecule has 3 aromatic carbocycles. The fourth-order valence-electron chi connectivity index (χ4n) is 2.31. The first-order chi connectivity index (χ1) is 8.83. The van der Waals surface area contributed by atoms with Crippen LogP contribution >= 0.6 is 11.6 Å². The van der Waals surface area contributed by atoms with Crippen molar-refractivity contribution >= 4 is 39.4 Å². The molecule has 18 heavy (non-hydrogen) atoms. The lowest BCUT2D eigenvalue weighted by Gasteiger charge is -2.09. The highest BCUT2D eigenvalue weighted by atomic mass is 35.5. The van der Waals surface area contributed by atoms with E-state index in [2.05, 4.69) is 5.16 Å². The summed E-state index contributed by atoms with van der Waals surface area (Å²) >= 11 is 6.44. The number of halogens is 1. The third kappa shape index (κ3) is 1.54. The first kappa shape index (κ1) is 11.1. The van der Waals surface area contributed by atoms with Gasteiger partial charge in [-0.05, 0) is 10.8 Å². The smallest absolute Gasteiger partial charge is 0.0746 e. The van der Waals surface area contributed by atoms with Crippen molar-refractivity contribution < 1.29 is 5.21 Å². The highest BCUT2D eigenvalue weighted by Crippen LogP contribution is 2.35. The van der Waals surface area contributed by atoms with E-state index in [1.54, 1.807) is 0 Å². The average Bonchev–Trinajstić information content (AvgIpc) is 2.43. The molecule has 0 aromatic heterocycles. The number of rotatable bonds is 1. The molecule has 0 bridgehead atoms. The number of oxime groups is 1. The van der Waals surface area contributed by atoms with E-state index in [9.17, 15) is 0 Å². The summed E-state index contributed by atoms with van der Waals surface area (Å²) in [6, 6.07) is 15.7. The molecule has 1 N–H and O–H groups in total. The van der Waals surface area contributed by atoms with Crippen LogP contribution in [0.25, 0.3) is 21.5 Å². The Morgan fingerprint density at radius 2 is 1.28 bits per heavy atom. The summed E-state index contributed by atoms with van der Waals surface area (Å²) in [6.07, 6.45) is 1.46. The molecule has 3 aromatic rings. The van der Waals surface area contributed by atoms with Crippen molar-refractivity contribution in [3.8, 4) is 0 Å². The fraction of sp³-hybridized carbons (Fsp3) is 0. The van der Waals surface area contributed by atoms with Gasteiger partial charge in [0.25, 0.3) is 0 Å². The van der Waals surface area contributed by atoms with Gasteiger partial charge in [-0.2, -0.15) is 0 Å². The monoisotopic (exact) mass is 255 g/mol. The Kier molecular flexibility index (Phi) is 2.65. The predicted molar refractivity (Wildman–Crippen MR) is 75.8 cm³/mol. The zero-order valence-electron chi connectivity index (χ0n) is 9.47. The van der Waals surface area contributed by atoms with Crippen LogP contribution in [-0.2, 0) is 0 Å². The van der Waals surface area contributed by atoms with Gasteiger partial charge in [0.1, 0.15) is 0 Å². The summed E-state index contributed by atoms with van der Waals surface area (Å²) in [6.45, 7) is 0. The van der Waals surface area contributed by atoms with Gasteiger partial charge in [0.15, 0.2) is 0 Å². The quantitative estimate of drug-likeness (QED) is 0.296. The molecule has 0 saturated heterocycles. The molecule has 0 aliphatic rings. The third-order valence-electron chi connectivity index (χ3n) is 3.09. The van der Waals surface area contributed by atoms with Crippen LogP contribution in [0.15, 0.2) is 53.7 Å². The zero-order valence-corrected chi connectivity index (χ0v) is 10.2. The largest absolute Gasteiger partial charge is 0.411 e. The van der Waals surface area contributed by atoms with Gasteiger partial charge in [-0.15, -0.1) is 0 Å². The van der Waals surface area contributed by atoms with Crippen LogP contribution in [0.2, 0.25) is 5.02 Å². The van der Waals surface area contributed by atoms with Gasteiger partial charge < -0.3 is 5.21 Å². The predicted octanol–water partition coefficient (Wildman–Crippen LogP) is 4.45. The number of fused-ring (bicyclic) bond motifs is 2. The van der Waals surface area contributed by atoms with Crippen molar-refractivity contribution in [3.63, 3.8) is 0 Å². The summed E-state index contributed by atoms with van der Waals surface area (Å²) in [5.41, 5.74) is 0.883. The molecule has 0 aliphatic heterocycles. The molecule has 0 amide bonds. The van der Waals surface area contributed by atoms with Gasteiger partial charge in [-0.25, -0.2) is 0 Å². The first-order valence-electron chi connectivity index (χ1n) is 5.59. The van der Waals surface area contributed by atoms with Crippen molar-refractivity contribution in [2.75, 3.05) is 0 Å². The number of hydrogen-bond donors (Lipinski definition) is 1. The molecule has 2 nitrogen and oxygen atoms in total. The normalized spacial score (nSPS) is 11.6. The van der Waals surface area contributed by atoms with Crippen LogP contribution in [0.5, 0.6) is 0 Å². The molecule has 0 saturated carbocycles. The topological polar surface area (TPSA) is 32.6 Å². The van der Waals surface area contributed by atoms with Crippen LogP contribution in [0.4, 0.5) is 0 Å². The molecule has 0 atom stereocenters. The number of benzene rings is 3. The Labute approximate surface area is 109 Å². The summed E-state index contributed by atoms with van der Waals surface area (Å²) < 4.78 is 0. The Hall–Kier alpha value is -2.06. The molecule has 3 rings (SSSR count). The molecular weight excluding hydrogens is 246 g/mol. The molecule has 88 valence electrons. The summed E-state index contributed by atoms with van der Waals surface area (Å²) in [5, 5.41) is 16.6. The van der Waals surface area contributed by atoms with Gasteiger partial charge in [0.2, 0.25) is 0 Å². The molecule has 0 unspecified atom stereocenters. The Morgan fingerprint density at radius 1 is 0.833 bits per heavy atom. The van der Waals surface area contributed by atoms with Gasteiger partial charge in [0, 0.05) is 16.3 Å². The lowest BCUT2D eigenvalue weighted by atomic mass is 9.97. The first-order valence-corrected chi connectivity index (χ1v) is 5.97. The fourth-order valence-corrected chi connectivity index (χ4v) is 2.64. The maximum absolute atomic E-state index is 8.84. The van der Waals surface area contributed by atoms with E-state index in [0.717, 1.165) is 32.1 Å². The van der Waals surface area contributed by atoms with Crippen LogP contribution in [0.3, 0.4) is 0 Å². The second-order valence-electron chi connectivity index (χ2n) is 4.06. The highest BCUT2D eigenvalue weighted by molar-refractivity contribution is 6.42. The Bertz CT molecular complexity index is 708. The van der Waals surface area contributed by atoms with Gasteiger partial charge >= 0.3 is 0 Å². The molecule has 0 spiro atoms. The van der Waals surface area contributed by atoms with Crippen LogP contribution in [-0.4, -0.2) is 11.4 Å². The van der Waals surface area contributed by atoms with Crippen molar-refractivity contribution in [2.24, 2.45) is 5.16 Å². The van der Waals surface area contributed by atoms with E-state index in [1.165, 1.54) is 6.21 Å². The molecular formula is C15H10ClNO. The lowest BCUT2D eigenvalue weighted by molar-refractivity contribution is 0.322. The maximum atomic E-state index is 8.84. The van der Waals surface area contributed by atoms with Crippen LogP contribution < -0.4 is 0 Å². The average molecular weight is 256 g/mol. The van der Waals surface area contributed by atoms with Gasteiger partial charge in [-0.1, -0.05) is 65.3 Å². The number of hydrogen-bond acceptors (Lipinski definition) is 2. The maximum Gasteiger partial charge on any atom is 0.0746 e. The second-order valence-corrected chi connectivity index (χ2v) is 4.44. The lowest BCUT2D eigenvalue weighted by Crippen LogP contribution is -1.89. The molecule has 0 aliphatic carbocycles. The number of nitrogens with zero attached hydrogens (tertiary/aromatic N) is 1. The van der Waals surface area contributed by atoms with Crippen molar-refractivity contribution in [3.05, 3.63) is 59.1 Å². The molecule has 0 fully saturated rings. The zero-order chi connectivity index (χ0) is 12.5. The minimum atomic E-state index is 0.733. The van der Waals surface area contributed by atoms with E-state index in [1.807, 2.05) is 48.5 Å². The van der Waals surface area contributed by atoms with Crippen molar-refractivity contribution in [1.29, 1.82) is 0 Å². The van der Waals surface area contributed by atoms with Gasteiger partial charge in [0.05, 0.1) is 11.2 Å². The van der Waals surface area contributed by atoms with E-state index in [4.69, 9.17) is 16.8 Å². The highest BCUT2D eigenvalue weighted by Gasteiger charge is 2.10. The molecule has 0 radical (unpaired) electrons. The van der Waals surface area contributed by atoms with E-state index in [-0.39, 0.29) is 0 Å². The molecule has 0 heterocycles. The van der Waals surface area contributed by atoms with Crippen molar-refractivity contribution in [2.45, 2.75) is 0 Å².